The third-order valence-corrected chi connectivity index (χ3v) is 4.12. The molecule has 0 nitrogen and oxygen atoms in total. The second-order valence-electron chi connectivity index (χ2n) is 5.65. The Bertz CT molecular complexity index is 641. The van der Waals surface area contributed by atoms with Crippen LogP contribution in [0.15, 0.2) is 42.5 Å². The van der Waals surface area contributed by atoms with E-state index in [4.69, 9.17) is 0 Å². The summed E-state index contributed by atoms with van der Waals surface area (Å²) in [5, 5.41) is 0. The maximum Gasteiger partial charge on any atom is 0.416 e. The van der Waals surface area contributed by atoms with Crippen LogP contribution in [0.2, 0.25) is 0 Å². The molecular formula is C18H17F3. The number of hydrogen-bond donors (Lipinski definition) is 0. The van der Waals surface area contributed by atoms with Gasteiger partial charge < -0.3 is 0 Å². The number of aryl methyl sites for hydroxylation is 4. The van der Waals surface area contributed by atoms with E-state index in [-0.39, 0.29) is 0 Å². The Morgan fingerprint density at radius 1 is 0.810 bits per heavy atom. The lowest BCUT2D eigenvalue weighted by Gasteiger charge is -2.09. The lowest BCUT2D eigenvalue weighted by atomic mass is 9.99. The molecular weight excluding hydrogens is 273 g/mol. The Balaban J connectivity index is 1.70. The lowest BCUT2D eigenvalue weighted by Crippen LogP contribution is -2.05. The summed E-state index contributed by atoms with van der Waals surface area (Å²) in [4.78, 5) is 0. The molecule has 1 aliphatic carbocycles. The van der Waals surface area contributed by atoms with Gasteiger partial charge in [0.15, 0.2) is 0 Å². The Kier molecular flexibility index (Phi) is 3.75. The van der Waals surface area contributed by atoms with Gasteiger partial charge in [-0.05, 0) is 60.4 Å². The molecule has 2 aromatic rings. The molecule has 0 heterocycles. The molecule has 110 valence electrons. The number of fused-ring (bicyclic) bond motifs is 1. The fourth-order valence-corrected chi connectivity index (χ4v) is 2.97. The first kappa shape index (κ1) is 14.2. The van der Waals surface area contributed by atoms with Gasteiger partial charge in [-0.25, -0.2) is 0 Å². The molecule has 0 saturated heterocycles. The van der Waals surface area contributed by atoms with E-state index in [0.29, 0.717) is 6.42 Å². The van der Waals surface area contributed by atoms with Crippen molar-refractivity contribution >= 4 is 0 Å². The van der Waals surface area contributed by atoms with Crippen LogP contribution in [-0.4, -0.2) is 0 Å². The van der Waals surface area contributed by atoms with Crippen molar-refractivity contribution in [3.63, 3.8) is 0 Å². The van der Waals surface area contributed by atoms with Crippen LogP contribution in [0.5, 0.6) is 0 Å². The van der Waals surface area contributed by atoms with Gasteiger partial charge in [0.2, 0.25) is 0 Å². The minimum atomic E-state index is -4.26. The molecule has 0 unspecified atom stereocenters. The highest BCUT2D eigenvalue weighted by Crippen LogP contribution is 2.30. The maximum atomic E-state index is 12.7. The predicted molar refractivity (Wildman–Crippen MR) is 77.3 cm³/mol. The summed E-state index contributed by atoms with van der Waals surface area (Å²) in [6, 6.07) is 12.1. The molecule has 0 aromatic heterocycles. The van der Waals surface area contributed by atoms with E-state index in [0.717, 1.165) is 30.9 Å². The molecule has 2 aromatic carbocycles. The van der Waals surface area contributed by atoms with E-state index in [2.05, 4.69) is 18.2 Å². The van der Waals surface area contributed by atoms with Crippen LogP contribution in [0.3, 0.4) is 0 Å². The lowest BCUT2D eigenvalue weighted by molar-refractivity contribution is -0.137. The Morgan fingerprint density at radius 3 is 2.29 bits per heavy atom. The molecule has 1 aliphatic rings. The van der Waals surface area contributed by atoms with Crippen molar-refractivity contribution in [1.82, 2.24) is 0 Å². The average molecular weight is 290 g/mol. The van der Waals surface area contributed by atoms with E-state index in [9.17, 15) is 13.2 Å². The molecule has 3 rings (SSSR count). The second kappa shape index (κ2) is 5.55. The van der Waals surface area contributed by atoms with E-state index in [1.165, 1.54) is 35.2 Å². The molecule has 0 bridgehead atoms. The smallest absolute Gasteiger partial charge is 0.166 e. The van der Waals surface area contributed by atoms with Gasteiger partial charge in [-0.3, -0.25) is 0 Å². The summed E-state index contributed by atoms with van der Waals surface area (Å²) < 4.78 is 38.0. The van der Waals surface area contributed by atoms with Crippen molar-refractivity contribution < 1.29 is 13.2 Å². The fraction of sp³-hybridized carbons (Fsp3) is 0.333. The van der Waals surface area contributed by atoms with Gasteiger partial charge in [0.1, 0.15) is 0 Å². The average Bonchev–Trinajstić information content (AvgIpc) is 2.92. The Labute approximate surface area is 122 Å². The molecule has 0 radical (unpaired) electrons. The highest BCUT2D eigenvalue weighted by atomic mass is 19.4. The molecule has 21 heavy (non-hydrogen) atoms. The van der Waals surface area contributed by atoms with Gasteiger partial charge >= 0.3 is 6.18 Å². The largest absolute Gasteiger partial charge is 0.416 e. The van der Waals surface area contributed by atoms with Crippen LogP contribution in [0.4, 0.5) is 13.2 Å². The van der Waals surface area contributed by atoms with Crippen molar-refractivity contribution in [3.05, 3.63) is 70.3 Å². The summed E-state index contributed by atoms with van der Waals surface area (Å²) in [6.07, 6.45) is 0.670. The second-order valence-corrected chi connectivity index (χ2v) is 5.65. The van der Waals surface area contributed by atoms with Gasteiger partial charge in [0.25, 0.3) is 0 Å². The van der Waals surface area contributed by atoms with Crippen molar-refractivity contribution in [3.8, 4) is 0 Å². The molecule has 0 saturated carbocycles. The molecule has 0 N–H and O–H groups in total. The number of halogens is 3. The van der Waals surface area contributed by atoms with Crippen LogP contribution < -0.4 is 0 Å². The monoisotopic (exact) mass is 290 g/mol. The number of benzene rings is 2. The SMILES string of the molecule is FC(F)(F)c1cccc(CCc2ccc3c(c2)CCC3)c1. The van der Waals surface area contributed by atoms with Gasteiger partial charge in [-0.15, -0.1) is 0 Å². The zero-order chi connectivity index (χ0) is 14.9. The van der Waals surface area contributed by atoms with Crippen LogP contribution >= 0.6 is 0 Å². The highest BCUT2D eigenvalue weighted by molar-refractivity contribution is 5.36. The van der Waals surface area contributed by atoms with Crippen molar-refractivity contribution in [2.24, 2.45) is 0 Å². The summed E-state index contributed by atoms with van der Waals surface area (Å²) in [7, 11) is 0. The zero-order valence-corrected chi connectivity index (χ0v) is 11.7. The standard InChI is InChI=1S/C18H17F3/c19-18(20,21)17-6-1-3-13(12-17)7-8-14-9-10-15-4-2-5-16(15)11-14/h1,3,6,9-12H,2,4-5,7-8H2. The Hall–Kier alpha value is -1.77. The van der Waals surface area contributed by atoms with Crippen LogP contribution in [0.25, 0.3) is 0 Å². The topological polar surface area (TPSA) is 0 Å². The third kappa shape index (κ3) is 3.29. The van der Waals surface area contributed by atoms with E-state index >= 15 is 0 Å². The molecule has 0 amide bonds. The van der Waals surface area contributed by atoms with Crippen molar-refractivity contribution in [1.29, 1.82) is 0 Å². The van der Waals surface area contributed by atoms with Gasteiger partial charge in [-0.1, -0.05) is 36.4 Å². The first-order valence-electron chi connectivity index (χ1n) is 7.29. The number of hydrogen-bond acceptors (Lipinski definition) is 0. The summed E-state index contributed by atoms with van der Waals surface area (Å²) >= 11 is 0. The molecule has 3 heteroatoms. The van der Waals surface area contributed by atoms with Crippen LogP contribution in [-0.2, 0) is 31.9 Å². The summed E-state index contributed by atoms with van der Waals surface area (Å²) in [5.74, 6) is 0. The number of rotatable bonds is 3. The molecule has 0 aliphatic heterocycles. The highest BCUT2D eigenvalue weighted by Gasteiger charge is 2.30. The summed E-state index contributed by atoms with van der Waals surface area (Å²) in [5.41, 5.74) is 4.24. The first-order chi connectivity index (χ1) is 10.0. The normalized spacial score (nSPS) is 14.2. The quantitative estimate of drug-likeness (QED) is 0.748. The first-order valence-corrected chi connectivity index (χ1v) is 7.29. The third-order valence-electron chi connectivity index (χ3n) is 4.12. The molecule has 0 spiro atoms. The van der Waals surface area contributed by atoms with Crippen LogP contribution in [0, 0.1) is 0 Å². The maximum absolute atomic E-state index is 12.7. The summed E-state index contributed by atoms with van der Waals surface area (Å²) in [6.45, 7) is 0. The van der Waals surface area contributed by atoms with E-state index in [1.807, 2.05) is 0 Å². The van der Waals surface area contributed by atoms with Gasteiger partial charge in [0.05, 0.1) is 5.56 Å². The van der Waals surface area contributed by atoms with Crippen LogP contribution in [0.1, 0.15) is 34.2 Å². The Morgan fingerprint density at radius 2 is 1.52 bits per heavy atom. The fourth-order valence-electron chi connectivity index (χ4n) is 2.97. The zero-order valence-electron chi connectivity index (χ0n) is 11.7. The van der Waals surface area contributed by atoms with E-state index in [1.54, 1.807) is 6.07 Å². The van der Waals surface area contributed by atoms with E-state index < -0.39 is 11.7 Å². The minimum Gasteiger partial charge on any atom is -0.166 e. The molecule has 0 fully saturated rings. The number of alkyl halides is 3. The molecule has 0 atom stereocenters. The van der Waals surface area contributed by atoms with Crippen molar-refractivity contribution in [2.75, 3.05) is 0 Å². The predicted octanol–water partition coefficient (Wildman–Crippen LogP) is 4.98. The van der Waals surface area contributed by atoms with Gasteiger partial charge in [0, 0.05) is 0 Å². The van der Waals surface area contributed by atoms with Gasteiger partial charge in [-0.2, -0.15) is 13.2 Å². The minimum absolute atomic E-state index is 0.561. The van der Waals surface area contributed by atoms with Crippen molar-refractivity contribution in [2.45, 2.75) is 38.3 Å².